The molecule has 2 aromatic carbocycles. The smallest absolute Gasteiger partial charge is 0.261 e. The fourth-order valence-electron chi connectivity index (χ4n) is 5.90. The highest BCUT2D eigenvalue weighted by atomic mass is 19.3. The van der Waals surface area contributed by atoms with Crippen molar-refractivity contribution in [3.8, 4) is 22.8 Å². The number of aromatic nitrogens is 4. The average molecular weight is 593 g/mol. The van der Waals surface area contributed by atoms with Crippen molar-refractivity contribution in [2.45, 2.75) is 38.2 Å². The molecular formula is C32H38F2N6O3. The van der Waals surface area contributed by atoms with E-state index in [0.717, 1.165) is 66.3 Å². The Balaban J connectivity index is 1.27. The number of rotatable bonds is 11. The van der Waals surface area contributed by atoms with Crippen LogP contribution in [0.25, 0.3) is 22.3 Å². The normalized spacial score (nSPS) is 17.4. The molecule has 4 aromatic rings. The molecular weight excluding hydrogens is 554 g/mol. The zero-order valence-electron chi connectivity index (χ0n) is 24.7. The van der Waals surface area contributed by atoms with Gasteiger partial charge in [0.1, 0.15) is 11.5 Å². The largest absolute Gasteiger partial charge is 0.497 e. The van der Waals surface area contributed by atoms with Gasteiger partial charge in [-0.2, -0.15) is 5.10 Å². The molecule has 2 fully saturated rings. The monoisotopic (exact) mass is 592 g/mol. The highest BCUT2D eigenvalue weighted by Crippen LogP contribution is 2.35. The van der Waals surface area contributed by atoms with Gasteiger partial charge in [-0.3, -0.25) is 14.6 Å². The standard InChI is InChI=1S/C32H38F2N6O3/c1-41-27-14-26(15-28(17-27)42-2)40(10-3-9-38-11-8-32(33,34)22-38)25-4-5-29-30(16-25)37-31(19-35-29)24-18-36-39(21-24)20-23-6-12-43-13-7-23/h4-5,14-19,21,23H,3,6-13,20,22H2,1-2H3. The van der Waals surface area contributed by atoms with Crippen LogP contribution >= 0.6 is 0 Å². The summed E-state index contributed by atoms with van der Waals surface area (Å²) in [4.78, 5) is 13.6. The minimum Gasteiger partial charge on any atom is -0.497 e. The molecule has 0 N–H and O–H groups in total. The molecule has 0 saturated carbocycles. The van der Waals surface area contributed by atoms with Crippen molar-refractivity contribution in [3.63, 3.8) is 0 Å². The summed E-state index contributed by atoms with van der Waals surface area (Å²) in [5.41, 5.74) is 5.00. The number of fused-ring (bicyclic) bond motifs is 1. The van der Waals surface area contributed by atoms with Gasteiger partial charge in [0.15, 0.2) is 0 Å². The van der Waals surface area contributed by atoms with E-state index >= 15 is 0 Å². The Kier molecular flexibility index (Phi) is 8.71. The molecule has 0 atom stereocenters. The number of alkyl halides is 2. The van der Waals surface area contributed by atoms with Gasteiger partial charge in [-0.25, -0.2) is 13.8 Å². The maximum atomic E-state index is 13.8. The van der Waals surface area contributed by atoms with E-state index in [0.29, 0.717) is 43.5 Å². The number of halogens is 2. The Labute approximate surface area is 250 Å². The van der Waals surface area contributed by atoms with Crippen LogP contribution < -0.4 is 14.4 Å². The lowest BCUT2D eigenvalue weighted by Gasteiger charge is -2.27. The van der Waals surface area contributed by atoms with Crippen LogP contribution in [0, 0.1) is 5.92 Å². The first-order chi connectivity index (χ1) is 20.9. The van der Waals surface area contributed by atoms with Crippen LogP contribution in [0.3, 0.4) is 0 Å². The molecule has 0 radical (unpaired) electrons. The van der Waals surface area contributed by atoms with Gasteiger partial charge in [-0.1, -0.05) is 0 Å². The summed E-state index contributed by atoms with van der Waals surface area (Å²) in [6.07, 6.45) is 8.38. The van der Waals surface area contributed by atoms with E-state index < -0.39 is 5.92 Å². The second-order valence-electron chi connectivity index (χ2n) is 11.4. The van der Waals surface area contributed by atoms with Crippen molar-refractivity contribution in [1.82, 2.24) is 24.6 Å². The lowest BCUT2D eigenvalue weighted by atomic mass is 10.0. The maximum absolute atomic E-state index is 13.8. The Morgan fingerprint density at radius 3 is 2.51 bits per heavy atom. The minimum atomic E-state index is -2.60. The summed E-state index contributed by atoms with van der Waals surface area (Å²) in [7, 11) is 3.24. The zero-order chi connectivity index (χ0) is 29.8. The molecule has 4 heterocycles. The van der Waals surface area contributed by atoms with Crippen LogP contribution in [0.15, 0.2) is 55.0 Å². The fourth-order valence-corrected chi connectivity index (χ4v) is 5.90. The summed E-state index contributed by atoms with van der Waals surface area (Å²) in [6.45, 7) is 3.91. The van der Waals surface area contributed by atoms with Crippen molar-refractivity contribution in [3.05, 3.63) is 55.0 Å². The fraction of sp³-hybridized carbons (Fsp3) is 0.469. The Morgan fingerprint density at radius 1 is 1.00 bits per heavy atom. The van der Waals surface area contributed by atoms with E-state index in [9.17, 15) is 8.78 Å². The number of methoxy groups -OCH3 is 2. The predicted octanol–water partition coefficient (Wildman–Crippen LogP) is 5.81. The van der Waals surface area contributed by atoms with Crippen molar-refractivity contribution in [2.24, 2.45) is 5.92 Å². The molecule has 6 rings (SSSR count). The number of hydrogen-bond donors (Lipinski definition) is 0. The summed E-state index contributed by atoms with van der Waals surface area (Å²) >= 11 is 0. The first-order valence-corrected chi connectivity index (χ1v) is 14.9. The molecule has 0 amide bonds. The van der Waals surface area contributed by atoms with Gasteiger partial charge in [-0.05, 0) is 43.4 Å². The van der Waals surface area contributed by atoms with Gasteiger partial charge < -0.3 is 19.1 Å². The first-order valence-electron chi connectivity index (χ1n) is 14.9. The van der Waals surface area contributed by atoms with E-state index in [1.807, 2.05) is 58.4 Å². The van der Waals surface area contributed by atoms with Crippen LogP contribution in [0.1, 0.15) is 25.7 Å². The van der Waals surface area contributed by atoms with Crippen LogP contribution in [0.5, 0.6) is 11.5 Å². The highest BCUT2D eigenvalue weighted by Gasteiger charge is 2.37. The van der Waals surface area contributed by atoms with Crippen molar-refractivity contribution < 1.29 is 23.0 Å². The zero-order valence-corrected chi connectivity index (χ0v) is 24.7. The first kappa shape index (κ1) is 29.3. The number of benzene rings is 2. The van der Waals surface area contributed by atoms with E-state index in [4.69, 9.17) is 19.2 Å². The second kappa shape index (κ2) is 12.8. The maximum Gasteiger partial charge on any atom is 0.261 e. The van der Waals surface area contributed by atoms with Crippen LogP contribution in [0.2, 0.25) is 0 Å². The molecule has 2 aliphatic heterocycles. The molecule has 0 aliphatic carbocycles. The molecule has 2 aromatic heterocycles. The molecule has 2 aliphatic rings. The second-order valence-corrected chi connectivity index (χ2v) is 11.4. The molecule has 0 bridgehead atoms. The van der Waals surface area contributed by atoms with Crippen molar-refractivity contribution in [1.29, 1.82) is 0 Å². The molecule has 0 spiro atoms. The van der Waals surface area contributed by atoms with Crippen molar-refractivity contribution >= 4 is 22.4 Å². The van der Waals surface area contributed by atoms with Gasteiger partial charge in [0.2, 0.25) is 0 Å². The molecule has 43 heavy (non-hydrogen) atoms. The third-order valence-electron chi connectivity index (χ3n) is 8.31. The SMILES string of the molecule is COc1cc(OC)cc(N(CCCN2CCC(F)(F)C2)c2ccc3ncc(-c4cnn(CC5CCOCC5)c4)nc3c2)c1. The number of hydrogen-bond acceptors (Lipinski definition) is 8. The Hall–Kier alpha value is -3.83. The summed E-state index contributed by atoms with van der Waals surface area (Å²) < 4.78 is 46.1. The van der Waals surface area contributed by atoms with Gasteiger partial charge in [0, 0.05) is 87.1 Å². The number of anilines is 2. The summed E-state index contributed by atoms with van der Waals surface area (Å²) in [6, 6.07) is 11.7. The average Bonchev–Trinajstić information content (AvgIpc) is 3.64. The molecule has 2 saturated heterocycles. The third kappa shape index (κ3) is 7.05. The van der Waals surface area contributed by atoms with Crippen LogP contribution in [-0.4, -0.2) is 84.2 Å². The van der Waals surface area contributed by atoms with E-state index in [-0.39, 0.29) is 13.0 Å². The molecule has 11 heteroatoms. The predicted molar refractivity (Wildman–Crippen MR) is 161 cm³/mol. The Morgan fingerprint density at radius 2 is 1.79 bits per heavy atom. The van der Waals surface area contributed by atoms with E-state index in [1.165, 1.54) is 0 Å². The highest BCUT2D eigenvalue weighted by molar-refractivity contribution is 5.82. The number of ether oxygens (including phenoxy) is 3. The van der Waals surface area contributed by atoms with E-state index in [1.54, 1.807) is 20.4 Å². The Bertz CT molecular complexity index is 1520. The van der Waals surface area contributed by atoms with Crippen molar-refractivity contribution in [2.75, 3.05) is 58.5 Å². The lowest BCUT2D eigenvalue weighted by molar-refractivity contribution is 0.0122. The van der Waals surface area contributed by atoms with Gasteiger partial charge >= 0.3 is 0 Å². The molecule has 228 valence electrons. The minimum absolute atomic E-state index is 0.0794. The number of likely N-dealkylation sites (tertiary alicyclic amines) is 1. The summed E-state index contributed by atoms with van der Waals surface area (Å²) in [5, 5.41) is 4.59. The van der Waals surface area contributed by atoms with Gasteiger partial charge in [-0.15, -0.1) is 0 Å². The van der Waals surface area contributed by atoms with Crippen LogP contribution in [0.4, 0.5) is 20.2 Å². The summed E-state index contributed by atoms with van der Waals surface area (Å²) in [5.74, 6) is -0.705. The topological polar surface area (TPSA) is 77.8 Å². The quantitative estimate of drug-likeness (QED) is 0.216. The molecule has 0 unspecified atom stereocenters. The lowest BCUT2D eigenvalue weighted by Crippen LogP contribution is -2.29. The van der Waals surface area contributed by atoms with Crippen LogP contribution in [-0.2, 0) is 11.3 Å². The van der Waals surface area contributed by atoms with E-state index in [2.05, 4.69) is 15.0 Å². The molecule has 9 nitrogen and oxygen atoms in total. The number of nitrogens with zero attached hydrogens (tertiary/aromatic N) is 6. The van der Waals surface area contributed by atoms with Gasteiger partial charge in [0.25, 0.3) is 5.92 Å². The van der Waals surface area contributed by atoms with Gasteiger partial charge in [0.05, 0.1) is 49.9 Å². The third-order valence-corrected chi connectivity index (χ3v) is 8.31.